The summed E-state index contributed by atoms with van der Waals surface area (Å²) < 4.78 is 10.7. The first-order valence-corrected chi connectivity index (χ1v) is 8.15. The molecule has 0 radical (unpaired) electrons. The van der Waals surface area contributed by atoms with Crippen molar-refractivity contribution in [2.24, 2.45) is 0 Å². The molecule has 6 heteroatoms. The second kappa shape index (κ2) is 10.0. The molecule has 3 N–H and O–H groups in total. The number of nitrogens with two attached hydrogens (primary N) is 1. The van der Waals surface area contributed by atoms with Crippen LogP contribution in [0.5, 0.6) is 5.75 Å². The molecule has 1 amide bonds. The summed E-state index contributed by atoms with van der Waals surface area (Å²) in [5.74, 6) is 0.822. The van der Waals surface area contributed by atoms with Crippen molar-refractivity contribution in [2.45, 2.75) is 12.5 Å². The van der Waals surface area contributed by atoms with E-state index < -0.39 is 0 Å². The molecule has 136 valence electrons. The molecule has 0 aliphatic heterocycles. The van der Waals surface area contributed by atoms with Gasteiger partial charge in [0.25, 0.3) is 0 Å². The Morgan fingerprint density at radius 3 is 2.65 bits per heavy atom. The lowest BCUT2D eigenvalue weighted by Crippen LogP contribution is -2.10. The Kier molecular flexibility index (Phi) is 7.39. The largest absolute Gasteiger partial charge is 0.497 e. The number of nitrogens with zero attached hydrogens (tertiary/aromatic N) is 1. The lowest BCUT2D eigenvalue weighted by Gasteiger charge is -2.14. The van der Waals surface area contributed by atoms with Crippen LogP contribution in [0.15, 0.2) is 66.9 Å². The second-order valence-corrected chi connectivity index (χ2v) is 5.45. The van der Waals surface area contributed by atoms with Crippen LogP contribution in [0.3, 0.4) is 0 Å². The number of rotatable bonds is 8. The fourth-order valence-electron chi connectivity index (χ4n) is 2.31. The molecule has 0 aliphatic carbocycles. The first kappa shape index (κ1) is 19.2. The minimum absolute atomic E-state index is 0.0606. The molecule has 2 aromatic rings. The third-order valence-electron chi connectivity index (χ3n) is 3.71. The van der Waals surface area contributed by atoms with Crippen LogP contribution in [0.1, 0.15) is 18.1 Å². The minimum Gasteiger partial charge on any atom is -0.497 e. The zero-order valence-electron chi connectivity index (χ0n) is 14.9. The van der Waals surface area contributed by atoms with Gasteiger partial charge in [-0.15, -0.1) is 0 Å². The van der Waals surface area contributed by atoms with Crippen LogP contribution in [0.25, 0.3) is 0 Å². The summed E-state index contributed by atoms with van der Waals surface area (Å²) >= 11 is 0. The van der Waals surface area contributed by atoms with Crippen LogP contribution in [0, 0.1) is 0 Å². The van der Waals surface area contributed by atoms with Gasteiger partial charge >= 0.3 is 0 Å². The van der Waals surface area contributed by atoms with Crippen LogP contribution in [-0.2, 0) is 9.53 Å². The van der Waals surface area contributed by atoms with E-state index in [2.05, 4.69) is 10.3 Å². The molecular weight excluding hydrogens is 330 g/mol. The van der Waals surface area contributed by atoms with Gasteiger partial charge in [-0.3, -0.25) is 4.79 Å². The standard InChI is InChI=1S/C20H23N3O3/c1-25-16-12-10-15(11-13-16)18(26-2)8-4-3-5-9-19(24)23-17-7-6-14-22-20(17)21/h3-7,9-14,18H,8H2,1-2H3,(H2,21,22)(H,23,24). The summed E-state index contributed by atoms with van der Waals surface area (Å²) in [5, 5.41) is 2.67. The second-order valence-electron chi connectivity index (χ2n) is 5.45. The predicted molar refractivity (Wildman–Crippen MR) is 103 cm³/mol. The number of hydrogen-bond donors (Lipinski definition) is 2. The summed E-state index contributed by atoms with van der Waals surface area (Å²) in [6.45, 7) is 0. The molecule has 6 nitrogen and oxygen atoms in total. The van der Waals surface area contributed by atoms with E-state index >= 15 is 0 Å². The van der Waals surface area contributed by atoms with E-state index in [0.29, 0.717) is 12.1 Å². The number of amides is 1. The highest BCUT2D eigenvalue weighted by atomic mass is 16.5. The maximum atomic E-state index is 11.8. The fourth-order valence-corrected chi connectivity index (χ4v) is 2.31. The molecule has 26 heavy (non-hydrogen) atoms. The lowest BCUT2D eigenvalue weighted by atomic mass is 10.1. The number of hydrogen-bond acceptors (Lipinski definition) is 5. The topological polar surface area (TPSA) is 86.5 Å². The molecule has 0 spiro atoms. The molecule has 1 atom stereocenters. The lowest BCUT2D eigenvalue weighted by molar-refractivity contribution is -0.111. The molecule has 1 heterocycles. The number of ether oxygens (including phenoxy) is 2. The normalized spacial score (nSPS) is 12.4. The van der Waals surface area contributed by atoms with Gasteiger partial charge in [-0.05, 0) is 36.2 Å². The van der Waals surface area contributed by atoms with Crippen molar-refractivity contribution >= 4 is 17.4 Å². The van der Waals surface area contributed by atoms with Gasteiger partial charge in [-0.25, -0.2) is 4.98 Å². The van der Waals surface area contributed by atoms with Gasteiger partial charge < -0.3 is 20.5 Å². The Balaban J connectivity index is 1.85. The van der Waals surface area contributed by atoms with Gasteiger partial charge in [-0.1, -0.05) is 30.4 Å². The van der Waals surface area contributed by atoms with Gasteiger partial charge in [0.1, 0.15) is 11.6 Å². The number of aromatic nitrogens is 1. The smallest absolute Gasteiger partial charge is 0.248 e. The number of carbonyl (C=O) groups excluding carboxylic acids is 1. The van der Waals surface area contributed by atoms with E-state index in [1.807, 2.05) is 36.4 Å². The molecule has 0 aliphatic rings. The van der Waals surface area contributed by atoms with Gasteiger partial charge in [0.05, 0.1) is 18.9 Å². The van der Waals surface area contributed by atoms with E-state index in [4.69, 9.17) is 15.2 Å². The van der Waals surface area contributed by atoms with E-state index in [0.717, 1.165) is 11.3 Å². The van der Waals surface area contributed by atoms with Gasteiger partial charge in [0.2, 0.25) is 5.91 Å². The Labute approximate surface area is 153 Å². The Hall–Kier alpha value is -3.12. The molecule has 1 aromatic carbocycles. The van der Waals surface area contributed by atoms with E-state index in [1.54, 1.807) is 38.6 Å². The average molecular weight is 353 g/mol. The number of methoxy groups -OCH3 is 2. The van der Waals surface area contributed by atoms with Gasteiger partial charge in [-0.2, -0.15) is 0 Å². The highest BCUT2D eigenvalue weighted by molar-refractivity contribution is 6.00. The van der Waals surface area contributed by atoms with E-state index in [1.165, 1.54) is 6.08 Å². The van der Waals surface area contributed by atoms with Crippen molar-refractivity contribution in [3.63, 3.8) is 0 Å². The Morgan fingerprint density at radius 2 is 2.00 bits per heavy atom. The van der Waals surface area contributed by atoms with E-state index in [-0.39, 0.29) is 17.8 Å². The summed E-state index contributed by atoms with van der Waals surface area (Å²) in [6, 6.07) is 11.2. The first-order valence-electron chi connectivity index (χ1n) is 8.15. The number of carbonyl (C=O) groups is 1. The minimum atomic E-state index is -0.271. The highest BCUT2D eigenvalue weighted by Crippen LogP contribution is 2.23. The number of allylic oxidation sites excluding steroid dienone is 2. The van der Waals surface area contributed by atoms with Crippen LogP contribution < -0.4 is 15.8 Å². The quantitative estimate of drug-likeness (QED) is 0.560. The predicted octanol–water partition coefficient (Wildman–Crippen LogP) is 3.50. The third-order valence-corrected chi connectivity index (χ3v) is 3.71. The van der Waals surface area contributed by atoms with E-state index in [9.17, 15) is 4.79 Å². The highest BCUT2D eigenvalue weighted by Gasteiger charge is 2.08. The number of pyridine rings is 1. The van der Waals surface area contributed by atoms with Crippen molar-refractivity contribution in [3.8, 4) is 5.75 Å². The maximum Gasteiger partial charge on any atom is 0.248 e. The van der Waals surface area contributed by atoms with Crippen molar-refractivity contribution < 1.29 is 14.3 Å². The number of benzene rings is 1. The molecule has 0 bridgehead atoms. The van der Waals surface area contributed by atoms with Crippen molar-refractivity contribution in [1.82, 2.24) is 4.98 Å². The average Bonchev–Trinajstić information content (AvgIpc) is 2.67. The molecule has 0 fully saturated rings. The van der Waals surface area contributed by atoms with Crippen molar-refractivity contribution in [1.29, 1.82) is 0 Å². The zero-order chi connectivity index (χ0) is 18.8. The number of nitrogens with one attached hydrogen (secondary N) is 1. The Bertz CT molecular complexity index is 770. The molecule has 1 unspecified atom stereocenters. The van der Waals surface area contributed by atoms with Gasteiger partial charge in [0, 0.05) is 19.4 Å². The van der Waals surface area contributed by atoms with Crippen LogP contribution in [-0.4, -0.2) is 25.1 Å². The van der Waals surface area contributed by atoms with Gasteiger partial charge in [0.15, 0.2) is 0 Å². The third kappa shape index (κ3) is 5.75. The first-order chi connectivity index (χ1) is 12.6. The maximum absolute atomic E-state index is 11.8. The summed E-state index contributed by atoms with van der Waals surface area (Å²) in [7, 11) is 3.31. The van der Waals surface area contributed by atoms with Crippen molar-refractivity contribution in [2.75, 3.05) is 25.3 Å². The fraction of sp³-hybridized carbons (Fsp3) is 0.200. The summed E-state index contributed by atoms with van der Waals surface area (Å²) in [5.41, 5.74) is 7.23. The number of anilines is 2. The number of nitrogen functional groups attached to an aromatic ring is 1. The van der Waals surface area contributed by atoms with Crippen LogP contribution in [0.4, 0.5) is 11.5 Å². The molecule has 0 saturated carbocycles. The van der Waals surface area contributed by atoms with Crippen LogP contribution >= 0.6 is 0 Å². The molecule has 2 rings (SSSR count). The summed E-state index contributed by atoms with van der Waals surface area (Å²) in [4.78, 5) is 15.8. The Morgan fingerprint density at radius 1 is 1.23 bits per heavy atom. The summed E-state index contributed by atoms with van der Waals surface area (Å²) in [6.07, 6.45) is 9.04. The molecule has 1 aromatic heterocycles. The SMILES string of the molecule is COc1ccc(C(CC=CC=CC(=O)Nc2cccnc2N)OC)cc1. The van der Waals surface area contributed by atoms with Crippen LogP contribution in [0.2, 0.25) is 0 Å². The van der Waals surface area contributed by atoms with Crippen molar-refractivity contribution in [3.05, 3.63) is 72.5 Å². The molecule has 0 saturated heterocycles. The monoisotopic (exact) mass is 353 g/mol. The molecular formula is C20H23N3O3. The zero-order valence-corrected chi connectivity index (χ0v) is 14.9.